The van der Waals surface area contributed by atoms with Gasteiger partial charge in [-0.2, -0.15) is 0 Å². The summed E-state index contributed by atoms with van der Waals surface area (Å²) in [5, 5.41) is 9.58. The number of nitrogens with zero attached hydrogens (tertiary/aromatic N) is 4. The summed E-state index contributed by atoms with van der Waals surface area (Å²) < 4.78 is 16.4. The minimum absolute atomic E-state index is 0.0124. The van der Waals surface area contributed by atoms with Crippen LogP contribution in [0.5, 0.6) is 5.75 Å². The third-order valence-corrected chi connectivity index (χ3v) is 7.27. The Morgan fingerprint density at radius 2 is 1.85 bits per heavy atom. The van der Waals surface area contributed by atoms with Crippen LogP contribution in [-0.4, -0.2) is 105 Å². The lowest BCUT2D eigenvalue weighted by atomic mass is 10.0. The van der Waals surface area contributed by atoms with Gasteiger partial charge >= 0.3 is 0 Å². The molecule has 2 aromatic heterocycles. The number of piperidine rings is 1. The third-order valence-electron chi connectivity index (χ3n) is 7.27. The van der Waals surface area contributed by atoms with Crippen molar-refractivity contribution in [1.82, 2.24) is 14.9 Å². The highest BCUT2D eigenvalue weighted by Gasteiger charge is 2.28. The van der Waals surface area contributed by atoms with Crippen molar-refractivity contribution in [2.75, 3.05) is 83.2 Å². The van der Waals surface area contributed by atoms with Crippen molar-refractivity contribution in [3.63, 3.8) is 0 Å². The number of likely N-dealkylation sites (tertiary alicyclic amines) is 1. The smallest absolute Gasteiger partial charge is 0.256 e. The molecule has 1 amide bonds. The van der Waals surface area contributed by atoms with Crippen LogP contribution >= 0.6 is 0 Å². The first-order valence-corrected chi connectivity index (χ1v) is 13.7. The van der Waals surface area contributed by atoms with Crippen molar-refractivity contribution in [3.05, 3.63) is 48.3 Å². The predicted octanol–water partition coefficient (Wildman–Crippen LogP) is 3.16. The van der Waals surface area contributed by atoms with Gasteiger partial charge in [0.2, 0.25) is 0 Å². The molecule has 1 aliphatic heterocycles. The van der Waals surface area contributed by atoms with Gasteiger partial charge in [0.1, 0.15) is 12.4 Å². The largest absolute Gasteiger partial charge is 0.491 e. The van der Waals surface area contributed by atoms with Gasteiger partial charge < -0.3 is 39.0 Å². The second kappa shape index (κ2) is 14.2. The number of carbonyl (C=O) groups excluding carboxylic acids is 1. The first-order chi connectivity index (χ1) is 19.0. The van der Waals surface area contributed by atoms with Gasteiger partial charge in [-0.25, -0.2) is 4.98 Å². The maximum atomic E-state index is 13.4. The number of ether oxygens (including phenoxy) is 3. The van der Waals surface area contributed by atoms with Gasteiger partial charge in [0, 0.05) is 69.1 Å². The summed E-state index contributed by atoms with van der Waals surface area (Å²) >= 11 is 0. The molecule has 0 spiro atoms. The highest BCUT2D eigenvalue weighted by Crippen LogP contribution is 2.30. The molecule has 1 saturated heterocycles. The van der Waals surface area contributed by atoms with Crippen LogP contribution in [-0.2, 0) is 9.47 Å². The molecule has 10 nitrogen and oxygen atoms in total. The lowest BCUT2D eigenvalue weighted by molar-refractivity contribution is 0.0247. The van der Waals surface area contributed by atoms with E-state index in [0.717, 1.165) is 47.5 Å². The first-order valence-electron chi connectivity index (χ1n) is 13.7. The van der Waals surface area contributed by atoms with Crippen LogP contribution in [0.3, 0.4) is 0 Å². The third kappa shape index (κ3) is 7.20. The average molecular weight is 540 g/mol. The quantitative estimate of drug-likeness (QED) is 0.301. The Morgan fingerprint density at radius 3 is 2.59 bits per heavy atom. The SMILES string of the molecule is CCN(C)c1cccnc1N(C)C1CCN(C(=O)c2c[nH]c3cc(OCCOCCOCCO)ccc23)CC1. The van der Waals surface area contributed by atoms with E-state index in [2.05, 4.69) is 46.9 Å². The van der Waals surface area contributed by atoms with Crippen LogP contribution in [0, 0.1) is 0 Å². The molecule has 0 aliphatic carbocycles. The van der Waals surface area contributed by atoms with Crippen LogP contribution in [0.1, 0.15) is 30.1 Å². The zero-order valence-corrected chi connectivity index (χ0v) is 23.3. The van der Waals surface area contributed by atoms with Crippen LogP contribution in [0.4, 0.5) is 11.5 Å². The molecule has 1 aliphatic rings. The van der Waals surface area contributed by atoms with Crippen molar-refractivity contribution >= 4 is 28.3 Å². The molecule has 0 saturated carbocycles. The van der Waals surface area contributed by atoms with E-state index in [4.69, 9.17) is 19.3 Å². The lowest BCUT2D eigenvalue weighted by Gasteiger charge is -2.38. The van der Waals surface area contributed by atoms with E-state index in [1.54, 1.807) is 6.20 Å². The second-order valence-electron chi connectivity index (χ2n) is 9.70. The van der Waals surface area contributed by atoms with Crippen molar-refractivity contribution in [3.8, 4) is 5.75 Å². The molecular formula is C29H41N5O5. The number of aliphatic hydroxyl groups excluding tert-OH is 1. The average Bonchev–Trinajstić information content (AvgIpc) is 3.40. The van der Waals surface area contributed by atoms with E-state index in [1.165, 1.54) is 0 Å². The summed E-state index contributed by atoms with van der Waals surface area (Å²) in [7, 11) is 4.19. The number of hydrogen-bond donors (Lipinski definition) is 2. The molecule has 0 bridgehead atoms. The van der Waals surface area contributed by atoms with Crippen LogP contribution in [0.2, 0.25) is 0 Å². The zero-order chi connectivity index (χ0) is 27.6. The molecule has 10 heteroatoms. The molecule has 3 heterocycles. The van der Waals surface area contributed by atoms with Crippen molar-refractivity contribution in [1.29, 1.82) is 0 Å². The second-order valence-corrected chi connectivity index (χ2v) is 9.70. The summed E-state index contributed by atoms with van der Waals surface area (Å²) in [4.78, 5) is 27.8. The fourth-order valence-corrected chi connectivity index (χ4v) is 4.91. The van der Waals surface area contributed by atoms with Gasteiger partial charge in [-0.05, 0) is 44.0 Å². The molecular weight excluding hydrogens is 498 g/mol. The predicted molar refractivity (Wildman–Crippen MR) is 153 cm³/mol. The Labute approximate surface area is 230 Å². The van der Waals surface area contributed by atoms with E-state index in [-0.39, 0.29) is 12.5 Å². The van der Waals surface area contributed by atoms with Gasteiger partial charge in [0.25, 0.3) is 5.91 Å². The van der Waals surface area contributed by atoms with Crippen LogP contribution < -0.4 is 14.5 Å². The lowest BCUT2D eigenvalue weighted by Crippen LogP contribution is -2.46. The van der Waals surface area contributed by atoms with Gasteiger partial charge in [-0.15, -0.1) is 0 Å². The summed E-state index contributed by atoms with van der Waals surface area (Å²) in [6.45, 7) is 6.55. The number of aromatic nitrogens is 2. The Morgan fingerprint density at radius 1 is 1.10 bits per heavy atom. The molecule has 1 aromatic carbocycles. The number of amides is 1. The number of fused-ring (bicyclic) bond motifs is 1. The number of rotatable bonds is 14. The maximum absolute atomic E-state index is 13.4. The fourth-order valence-electron chi connectivity index (χ4n) is 4.91. The van der Waals surface area contributed by atoms with Gasteiger partial charge in [0.15, 0.2) is 5.82 Å². The number of nitrogens with one attached hydrogen (secondary N) is 1. The van der Waals surface area contributed by atoms with Crippen LogP contribution in [0.25, 0.3) is 10.9 Å². The van der Waals surface area contributed by atoms with Crippen LogP contribution in [0.15, 0.2) is 42.7 Å². The molecule has 0 unspecified atom stereocenters. The minimum Gasteiger partial charge on any atom is -0.491 e. The highest BCUT2D eigenvalue weighted by molar-refractivity contribution is 6.07. The summed E-state index contributed by atoms with van der Waals surface area (Å²) in [6.07, 6.45) is 5.43. The van der Waals surface area contributed by atoms with E-state index in [0.29, 0.717) is 57.7 Å². The van der Waals surface area contributed by atoms with Gasteiger partial charge in [-0.3, -0.25) is 4.79 Å². The number of anilines is 2. The molecule has 39 heavy (non-hydrogen) atoms. The highest BCUT2D eigenvalue weighted by atomic mass is 16.5. The Kier molecular flexibility index (Phi) is 10.4. The summed E-state index contributed by atoms with van der Waals surface area (Å²) in [5.41, 5.74) is 2.68. The van der Waals surface area contributed by atoms with Crippen molar-refractivity contribution in [2.24, 2.45) is 0 Å². The van der Waals surface area contributed by atoms with E-state index < -0.39 is 0 Å². The number of benzene rings is 1. The standard InChI is InChI=1S/C29H41N5O5/c1-4-32(2)27-6-5-11-30-28(27)33(3)22-9-12-34(13-10-22)29(36)25-21-31-26-20-23(7-8-24(25)26)39-19-18-38-17-16-37-15-14-35/h5-8,11,20-22,31,35H,4,9-10,12-19H2,1-3H3. The Bertz CT molecular complexity index is 1190. The minimum atomic E-state index is 0.0124. The van der Waals surface area contributed by atoms with E-state index in [9.17, 15) is 4.79 Å². The molecule has 212 valence electrons. The number of aliphatic hydroxyl groups is 1. The number of pyridine rings is 1. The molecule has 2 N–H and O–H groups in total. The monoisotopic (exact) mass is 539 g/mol. The zero-order valence-electron chi connectivity index (χ0n) is 23.3. The fraction of sp³-hybridized carbons (Fsp3) is 0.517. The number of H-pyrrole nitrogens is 1. The molecule has 0 atom stereocenters. The Balaban J connectivity index is 1.29. The molecule has 4 rings (SSSR count). The number of carbonyl (C=O) groups is 1. The first kappa shape index (κ1) is 28.7. The van der Waals surface area contributed by atoms with Crippen molar-refractivity contribution in [2.45, 2.75) is 25.8 Å². The molecule has 3 aromatic rings. The topological polar surface area (TPSA) is 103 Å². The summed E-state index contributed by atoms with van der Waals surface area (Å²) in [6, 6.07) is 10.1. The number of hydrogen-bond acceptors (Lipinski definition) is 8. The summed E-state index contributed by atoms with van der Waals surface area (Å²) in [5.74, 6) is 1.76. The maximum Gasteiger partial charge on any atom is 0.256 e. The molecule has 1 fully saturated rings. The van der Waals surface area contributed by atoms with Gasteiger partial charge in [0.05, 0.1) is 44.3 Å². The van der Waals surface area contributed by atoms with Crippen molar-refractivity contribution < 1.29 is 24.1 Å². The molecule has 0 radical (unpaired) electrons. The normalized spacial score (nSPS) is 14.1. The van der Waals surface area contributed by atoms with E-state index in [1.807, 2.05) is 35.4 Å². The van der Waals surface area contributed by atoms with Gasteiger partial charge in [-0.1, -0.05) is 0 Å². The number of aromatic amines is 1. The Hall–Kier alpha value is -3.34. The van der Waals surface area contributed by atoms with E-state index >= 15 is 0 Å².